The van der Waals surface area contributed by atoms with Crippen molar-refractivity contribution in [1.29, 1.82) is 0 Å². The first-order valence-corrected chi connectivity index (χ1v) is 9.97. The number of quaternary nitrogens is 1. The number of carbonyl (C=O) groups excluding carboxylic acids is 2. The van der Waals surface area contributed by atoms with Gasteiger partial charge in [0.05, 0.1) is 21.3 Å². The lowest BCUT2D eigenvalue weighted by Gasteiger charge is -2.39. The number of amides is 1. The molecular formula is C23H29N2O5+. The van der Waals surface area contributed by atoms with Gasteiger partial charge in [-0.05, 0) is 25.1 Å². The minimum absolute atomic E-state index is 0.107. The van der Waals surface area contributed by atoms with Crippen LogP contribution in [0, 0.1) is 6.92 Å². The molecule has 0 unspecified atom stereocenters. The number of ether oxygens (including phenoxy) is 3. The highest BCUT2D eigenvalue weighted by Crippen LogP contribution is 2.38. The quantitative estimate of drug-likeness (QED) is 0.427. The summed E-state index contributed by atoms with van der Waals surface area (Å²) in [7, 11) is 4.50. The van der Waals surface area contributed by atoms with Crippen LogP contribution in [0.5, 0.6) is 17.2 Å². The highest BCUT2D eigenvalue weighted by molar-refractivity contribution is 6.10. The van der Waals surface area contributed by atoms with Crippen molar-refractivity contribution < 1.29 is 23.8 Å². The minimum atomic E-state index is -0.274. The molecule has 1 saturated heterocycles. The monoisotopic (exact) mass is 413 g/mol. The fourth-order valence-corrected chi connectivity index (χ4v) is 4.08. The van der Waals surface area contributed by atoms with Crippen molar-refractivity contribution in [3.05, 3.63) is 47.5 Å². The second-order valence-electron chi connectivity index (χ2n) is 7.36. The number of Topliss-reactive ketones (excluding diaryl/α,β-unsaturated/α-hetero) is 1. The molecule has 0 radical (unpaired) electrons. The lowest BCUT2D eigenvalue weighted by atomic mass is 10.0. The standard InChI is InChI=1S/C23H29N2O5/c1-16-7-5-6-8-18(16)25(11-9-24-10-12-25)22(27)15-19(26)17-13-20(28-2)23(30-4)21(14-17)29-3/h5-8,13-14,24H,9-12,15H2,1-4H3/q+1. The number of nitrogens with one attached hydrogen (secondary N) is 1. The molecule has 7 nitrogen and oxygen atoms in total. The van der Waals surface area contributed by atoms with Crippen LogP contribution in [-0.2, 0) is 4.79 Å². The molecule has 0 spiro atoms. The van der Waals surface area contributed by atoms with Crippen molar-refractivity contribution in [3.63, 3.8) is 0 Å². The van der Waals surface area contributed by atoms with Gasteiger partial charge in [0.25, 0.3) is 0 Å². The average Bonchev–Trinajstić information content (AvgIpc) is 2.78. The van der Waals surface area contributed by atoms with E-state index in [1.54, 1.807) is 12.1 Å². The number of methoxy groups -OCH3 is 3. The molecular weight excluding hydrogens is 384 g/mol. The fraction of sp³-hybridized carbons (Fsp3) is 0.391. The third-order valence-corrected chi connectivity index (χ3v) is 5.69. The summed E-state index contributed by atoms with van der Waals surface area (Å²) in [6.45, 7) is 4.68. The van der Waals surface area contributed by atoms with Crippen molar-refractivity contribution in [3.8, 4) is 17.2 Å². The van der Waals surface area contributed by atoms with Gasteiger partial charge in [0.1, 0.15) is 25.2 Å². The van der Waals surface area contributed by atoms with Crippen LogP contribution in [0.15, 0.2) is 36.4 Å². The number of rotatable bonds is 7. The molecule has 1 heterocycles. The Morgan fingerprint density at radius 2 is 1.57 bits per heavy atom. The lowest BCUT2D eigenvalue weighted by molar-refractivity contribution is -0.130. The van der Waals surface area contributed by atoms with Crippen molar-refractivity contribution in [2.24, 2.45) is 0 Å². The van der Waals surface area contributed by atoms with Crippen LogP contribution in [-0.4, -0.2) is 59.2 Å². The van der Waals surface area contributed by atoms with Gasteiger partial charge < -0.3 is 19.5 Å². The van der Waals surface area contributed by atoms with Crippen molar-refractivity contribution in [2.75, 3.05) is 47.5 Å². The molecule has 0 saturated carbocycles. The Balaban J connectivity index is 1.93. The van der Waals surface area contributed by atoms with E-state index in [-0.39, 0.29) is 22.6 Å². The predicted molar refractivity (Wildman–Crippen MR) is 116 cm³/mol. The molecule has 2 aromatic rings. The highest BCUT2D eigenvalue weighted by Gasteiger charge is 2.42. The summed E-state index contributed by atoms with van der Waals surface area (Å²) >= 11 is 0. The van der Waals surface area contributed by atoms with E-state index in [4.69, 9.17) is 14.2 Å². The SMILES string of the molecule is COc1cc(C(=O)CC(=O)[N+]2(c3ccccc3C)CCNCC2)cc(OC)c1OC. The van der Waals surface area contributed by atoms with Gasteiger partial charge in [-0.3, -0.25) is 4.79 Å². The van der Waals surface area contributed by atoms with E-state index in [0.29, 0.717) is 35.9 Å². The van der Waals surface area contributed by atoms with Gasteiger partial charge in [-0.25, -0.2) is 9.28 Å². The van der Waals surface area contributed by atoms with E-state index >= 15 is 0 Å². The number of piperazine rings is 1. The third kappa shape index (κ3) is 4.04. The molecule has 1 amide bonds. The zero-order chi connectivity index (χ0) is 21.7. The van der Waals surface area contributed by atoms with E-state index in [9.17, 15) is 9.59 Å². The maximum Gasteiger partial charge on any atom is 0.326 e. The summed E-state index contributed by atoms with van der Waals surface area (Å²) in [6.07, 6.45) is -0.201. The Morgan fingerprint density at radius 3 is 2.10 bits per heavy atom. The molecule has 1 aliphatic heterocycles. The van der Waals surface area contributed by atoms with Crippen LogP contribution in [0.1, 0.15) is 22.3 Å². The van der Waals surface area contributed by atoms with Crippen LogP contribution in [0.3, 0.4) is 0 Å². The number of hydrogen-bond acceptors (Lipinski definition) is 6. The first-order chi connectivity index (χ1) is 14.5. The maximum atomic E-state index is 13.5. The minimum Gasteiger partial charge on any atom is -0.493 e. The first-order valence-electron chi connectivity index (χ1n) is 9.97. The normalized spacial score (nSPS) is 15.3. The molecule has 1 N–H and O–H groups in total. The predicted octanol–water partition coefficient (Wildman–Crippen LogP) is 2.73. The first kappa shape index (κ1) is 21.8. The Kier molecular flexibility index (Phi) is 6.74. The Bertz CT molecular complexity index is 910. The van der Waals surface area contributed by atoms with E-state index in [1.165, 1.54) is 21.3 Å². The Morgan fingerprint density at radius 1 is 0.967 bits per heavy atom. The summed E-state index contributed by atoms with van der Waals surface area (Å²) in [5.41, 5.74) is 2.37. The molecule has 1 fully saturated rings. The van der Waals surface area contributed by atoms with Crippen LogP contribution in [0.2, 0.25) is 0 Å². The number of aryl methyl sites for hydroxylation is 1. The summed E-state index contributed by atoms with van der Waals surface area (Å²) in [4.78, 5) is 26.6. The van der Waals surface area contributed by atoms with E-state index in [0.717, 1.165) is 24.3 Å². The molecule has 0 aromatic heterocycles. The van der Waals surface area contributed by atoms with Crippen LogP contribution < -0.4 is 24.0 Å². The summed E-state index contributed by atoms with van der Waals surface area (Å²) in [5, 5.41) is 3.31. The van der Waals surface area contributed by atoms with Gasteiger partial charge in [0.15, 0.2) is 17.3 Å². The number of para-hydroxylation sites is 1. The summed E-state index contributed by atoms with van der Waals surface area (Å²) < 4.78 is 16.2. The van der Waals surface area contributed by atoms with Crippen molar-refractivity contribution >= 4 is 17.4 Å². The molecule has 1 aliphatic rings. The smallest absolute Gasteiger partial charge is 0.326 e. The lowest BCUT2D eigenvalue weighted by Crippen LogP contribution is -2.63. The molecule has 0 bridgehead atoms. The second-order valence-corrected chi connectivity index (χ2v) is 7.36. The van der Waals surface area contributed by atoms with Gasteiger partial charge in [-0.15, -0.1) is 0 Å². The number of nitrogens with zero attached hydrogens (tertiary/aromatic N) is 1. The van der Waals surface area contributed by atoms with E-state index < -0.39 is 0 Å². The highest BCUT2D eigenvalue weighted by atomic mass is 16.5. The Hall–Kier alpha value is -2.90. The average molecular weight is 413 g/mol. The third-order valence-electron chi connectivity index (χ3n) is 5.69. The van der Waals surface area contributed by atoms with Crippen LogP contribution in [0.25, 0.3) is 0 Å². The van der Waals surface area contributed by atoms with Gasteiger partial charge in [-0.1, -0.05) is 18.2 Å². The zero-order valence-corrected chi connectivity index (χ0v) is 18.0. The van der Waals surface area contributed by atoms with Crippen molar-refractivity contribution in [1.82, 2.24) is 9.80 Å². The number of hydrogen-bond donors (Lipinski definition) is 1. The molecule has 0 aliphatic carbocycles. The number of ketones is 1. The zero-order valence-electron chi connectivity index (χ0n) is 18.0. The van der Waals surface area contributed by atoms with E-state index in [1.807, 2.05) is 31.2 Å². The van der Waals surface area contributed by atoms with Gasteiger partial charge >= 0.3 is 5.91 Å². The van der Waals surface area contributed by atoms with Crippen molar-refractivity contribution in [2.45, 2.75) is 13.3 Å². The van der Waals surface area contributed by atoms with Gasteiger partial charge in [0, 0.05) is 24.2 Å². The Labute approximate surface area is 177 Å². The molecule has 0 atom stereocenters. The molecule has 7 heteroatoms. The van der Waals surface area contributed by atoms with E-state index in [2.05, 4.69) is 5.32 Å². The topological polar surface area (TPSA) is 73.9 Å². The molecule has 2 aromatic carbocycles. The second kappa shape index (κ2) is 9.28. The number of carbonyl (C=O) groups is 2. The largest absolute Gasteiger partial charge is 0.493 e. The summed E-state index contributed by atoms with van der Waals surface area (Å²) in [5.74, 6) is 0.803. The van der Waals surface area contributed by atoms with Crippen LogP contribution >= 0.6 is 0 Å². The van der Waals surface area contributed by atoms with Crippen LogP contribution in [0.4, 0.5) is 5.69 Å². The fourth-order valence-electron chi connectivity index (χ4n) is 4.08. The van der Waals surface area contributed by atoms with Gasteiger partial charge in [-0.2, -0.15) is 0 Å². The maximum absolute atomic E-state index is 13.5. The molecule has 160 valence electrons. The molecule has 3 rings (SSSR count). The molecule has 30 heavy (non-hydrogen) atoms. The summed E-state index contributed by atoms with van der Waals surface area (Å²) in [6, 6.07) is 11.1. The van der Waals surface area contributed by atoms with Gasteiger partial charge in [0.2, 0.25) is 5.75 Å². The number of benzene rings is 2.